The van der Waals surface area contributed by atoms with Crippen molar-refractivity contribution in [3.05, 3.63) is 48.0 Å². The van der Waals surface area contributed by atoms with E-state index in [1.165, 1.54) is 31.4 Å². The second kappa shape index (κ2) is 9.25. The third-order valence-corrected chi connectivity index (χ3v) is 4.49. The van der Waals surface area contributed by atoms with Crippen molar-refractivity contribution in [2.45, 2.75) is 12.7 Å². The number of likely N-dealkylation sites (N-methyl/N-ethyl adjacent to an activating group) is 1. The molecule has 1 heterocycles. The summed E-state index contributed by atoms with van der Waals surface area (Å²) in [6, 6.07) is 11.3. The van der Waals surface area contributed by atoms with E-state index in [1.807, 2.05) is 12.1 Å². The second-order valence-corrected chi connectivity index (χ2v) is 6.94. The van der Waals surface area contributed by atoms with Crippen molar-refractivity contribution < 1.29 is 32.2 Å². The number of hydrogen-bond donors (Lipinski definition) is 0. The Kier molecular flexibility index (Phi) is 6.71. The zero-order valence-electron chi connectivity index (χ0n) is 16.7. The smallest absolute Gasteiger partial charge is 0.406 e. The summed E-state index contributed by atoms with van der Waals surface area (Å²) in [5.74, 6) is 1.11. The summed E-state index contributed by atoms with van der Waals surface area (Å²) in [5.41, 5.74) is 1.02. The van der Waals surface area contributed by atoms with Gasteiger partial charge in [-0.3, -0.25) is 9.69 Å². The zero-order valence-corrected chi connectivity index (χ0v) is 16.7. The van der Waals surface area contributed by atoms with Crippen LogP contribution in [0.2, 0.25) is 0 Å². The van der Waals surface area contributed by atoms with Crippen molar-refractivity contribution in [3.63, 3.8) is 0 Å². The molecule has 0 aromatic heterocycles. The van der Waals surface area contributed by atoms with Gasteiger partial charge in [0.15, 0.2) is 11.5 Å². The van der Waals surface area contributed by atoms with E-state index in [2.05, 4.69) is 0 Å². The monoisotopic (exact) mass is 424 g/mol. The molecule has 0 bridgehead atoms. The molecule has 30 heavy (non-hydrogen) atoms. The van der Waals surface area contributed by atoms with Crippen LogP contribution in [0.25, 0.3) is 0 Å². The van der Waals surface area contributed by atoms with Gasteiger partial charge in [-0.25, -0.2) is 0 Å². The highest BCUT2D eigenvalue weighted by molar-refractivity contribution is 5.95. The highest BCUT2D eigenvalue weighted by Crippen LogP contribution is 2.31. The quantitative estimate of drug-likeness (QED) is 0.681. The fourth-order valence-electron chi connectivity index (χ4n) is 3.13. The summed E-state index contributed by atoms with van der Waals surface area (Å²) in [4.78, 5) is 15.1. The standard InChI is InChI=1S/C21H23F3N2O4/c1-25(12-15-3-8-18-19(11-15)30-10-9-29-18)13-20(27)26(14-21(22,23)24)16-4-6-17(28-2)7-5-16/h3-8,11H,9-10,12-14H2,1-2H3. The number of benzene rings is 2. The Bertz CT molecular complexity index is 872. The fourth-order valence-corrected chi connectivity index (χ4v) is 3.13. The Balaban J connectivity index is 1.69. The topological polar surface area (TPSA) is 51.2 Å². The summed E-state index contributed by atoms with van der Waals surface area (Å²) in [5, 5.41) is 0. The lowest BCUT2D eigenvalue weighted by Gasteiger charge is -2.27. The summed E-state index contributed by atoms with van der Waals surface area (Å²) in [6.45, 7) is -0.238. The SMILES string of the molecule is COc1ccc(N(CC(F)(F)F)C(=O)CN(C)Cc2ccc3c(c2)OCCO3)cc1. The van der Waals surface area contributed by atoms with Crippen LogP contribution in [0.15, 0.2) is 42.5 Å². The highest BCUT2D eigenvalue weighted by atomic mass is 19.4. The number of carbonyl (C=O) groups is 1. The normalized spacial score (nSPS) is 13.3. The molecule has 1 aliphatic heterocycles. The minimum absolute atomic E-state index is 0.158. The van der Waals surface area contributed by atoms with Gasteiger partial charge in [0.1, 0.15) is 25.5 Å². The van der Waals surface area contributed by atoms with E-state index in [4.69, 9.17) is 14.2 Å². The fraction of sp³-hybridized carbons (Fsp3) is 0.381. The molecule has 0 N–H and O–H groups in total. The Morgan fingerprint density at radius 3 is 2.37 bits per heavy atom. The molecule has 3 rings (SSSR count). The van der Waals surface area contributed by atoms with Crippen molar-refractivity contribution >= 4 is 11.6 Å². The van der Waals surface area contributed by atoms with Crippen LogP contribution in [0, 0.1) is 0 Å². The van der Waals surface area contributed by atoms with Crippen LogP contribution in [0.1, 0.15) is 5.56 Å². The maximum Gasteiger partial charge on any atom is 0.406 e. The van der Waals surface area contributed by atoms with Crippen LogP contribution in [0.3, 0.4) is 0 Å². The number of fused-ring (bicyclic) bond motifs is 1. The molecule has 0 saturated carbocycles. The Morgan fingerprint density at radius 1 is 1.07 bits per heavy atom. The Labute approximate surface area is 172 Å². The predicted octanol–water partition coefficient (Wildman–Crippen LogP) is 3.49. The number of ether oxygens (including phenoxy) is 3. The molecule has 0 radical (unpaired) electrons. The van der Waals surface area contributed by atoms with Gasteiger partial charge in [-0.1, -0.05) is 6.07 Å². The van der Waals surface area contributed by atoms with Crippen LogP contribution < -0.4 is 19.1 Å². The van der Waals surface area contributed by atoms with E-state index < -0.39 is 18.6 Å². The molecule has 2 aromatic carbocycles. The van der Waals surface area contributed by atoms with E-state index in [-0.39, 0.29) is 12.2 Å². The van der Waals surface area contributed by atoms with Crippen LogP contribution in [-0.2, 0) is 11.3 Å². The first-order chi connectivity index (χ1) is 14.2. The molecule has 1 amide bonds. The minimum atomic E-state index is -4.52. The van der Waals surface area contributed by atoms with Crippen molar-refractivity contribution in [3.8, 4) is 17.2 Å². The second-order valence-electron chi connectivity index (χ2n) is 6.94. The number of carbonyl (C=O) groups excluding carboxylic acids is 1. The van der Waals surface area contributed by atoms with Crippen LogP contribution in [-0.4, -0.2) is 57.4 Å². The van der Waals surface area contributed by atoms with Crippen molar-refractivity contribution in [1.82, 2.24) is 4.90 Å². The van der Waals surface area contributed by atoms with Crippen molar-refractivity contribution in [2.75, 3.05) is 45.4 Å². The number of anilines is 1. The third-order valence-electron chi connectivity index (χ3n) is 4.49. The Morgan fingerprint density at radius 2 is 1.73 bits per heavy atom. The summed E-state index contributed by atoms with van der Waals surface area (Å²) >= 11 is 0. The Hall–Kier alpha value is -2.94. The van der Waals surface area contributed by atoms with E-state index in [1.54, 1.807) is 18.0 Å². The van der Waals surface area contributed by atoms with Gasteiger partial charge in [0.2, 0.25) is 5.91 Å². The van der Waals surface area contributed by atoms with Gasteiger partial charge in [0.25, 0.3) is 0 Å². The maximum atomic E-state index is 13.1. The minimum Gasteiger partial charge on any atom is -0.497 e. The summed E-state index contributed by atoms with van der Waals surface area (Å²) in [6.07, 6.45) is -4.52. The number of rotatable bonds is 7. The van der Waals surface area contributed by atoms with Gasteiger partial charge in [-0.15, -0.1) is 0 Å². The number of nitrogens with zero attached hydrogens (tertiary/aromatic N) is 2. The van der Waals surface area contributed by atoms with Gasteiger partial charge in [0.05, 0.1) is 13.7 Å². The molecule has 0 atom stereocenters. The summed E-state index contributed by atoms with van der Waals surface area (Å²) in [7, 11) is 3.13. The lowest BCUT2D eigenvalue weighted by Crippen LogP contribution is -2.43. The first kappa shape index (κ1) is 21.8. The molecule has 0 spiro atoms. The molecule has 0 unspecified atom stereocenters. The van der Waals surface area contributed by atoms with E-state index >= 15 is 0 Å². The van der Waals surface area contributed by atoms with E-state index in [0.717, 1.165) is 10.5 Å². The molecule has 2 aromatic rings. The lowest BCUT2D eigenvalue weighted by atomic mass is 10.2. The van der Waals surface area contributed by atoms with Crippen molar-refractivity contribution in [1.29, 1.82) is 0 Å². The molecule has 6 nitrogen and oxygen atoms in total. The first-order valence-corrected chi connectivity index (χ1v) is 9.33. The molecular formula is C21H23F3N2O4. The molecule has 162 valence electrons. The van der Waals surface area contributed by atoms with Gasteiger partial charge in [-0.05, 0) is 49.0 Å². The van der Waals surface area contributed by atoms with E-state index in [9.17, 15) is 18.0 Å². The van der Waals surface area contributed by atoms with Crippen LogP contribution >= 0.6 is 0 Å². The summed E-state index contributed by atoms with van der Waals surface area (Å²) < 4.78 is 55.3. The van der Waals surface area contributed by atoms with Gasteiger partial charge in [0, 0.05) is 12.2 Å². The van der Waals surface area contributed by atoms with Gasteiger partial charge in [-0.2, -0.15) is 13.2 Å². The largest absolute Gasteiger partial charge is 0.497 e. The number of methoxy groups -OCH3 is 1. The average molecular weight is 424 g/mol. The number of hydrogen-bond acceptors (Lipinski definition) is 5. The molecule has 0 saturated heterocycles. The van der Waals surface area contributed by atoms with Crippen LogP contribution in [0.5, 0.6) is 17.2 Å². The molecular weight excluding hydrogens is 401 g/mol. The molecule has 0 fully saturated rings. The van der Waals surface area contributed by atoms with Crippen molar-refractivity contribution in [2.24, 2.45) is 0 Å². The number of halogens is 3. The van der Waals surface area contributed by atoms with E-state index in [0.29, 0.717) is 37.0 Å². The highest BCUT2D eigenvalue weighted by Gasteiger charge is 2.34. The molecule has 9 heteroatoms. The zero-order chi connectivity index (χ0) is 21.7. The average Bonchev–Trinajstić information content (AvgIpc) is 2.71. The lowest BCUT2D eigenvalue weighted by molar-refractivity contribution is -0.133. The first-order valence-electron chi connectivity index (χ1n) is 9.33. The third kappa shape index (κ3) is 5.79. The molecule has 1 aliphatic rings. The number of amides is 1. The maximum absolute atomic E-state index is 13.1. The number of alkyl halides is 3. The van der Waals surface area contributed by atoms with Crippen LogP contribution in [0.4, 0.5) is 18.9 Å². The predicted molar refractivity (Wildman–Crippen MR) is 105 cm³/mol. The van der Waals surface area contributed by atoms with Gasteiger partial charge < -0.3 is 19.1 Å². The molecule has 0 aliphatic carbocycles. The van der Waals surface area contributed by atoms with Gasteiger partial charge >= 0.3 is 6.18 Å².